The molecule has 0 fully saturated rings. The molecule has 4 nitrogen and oxygen atoms in total. The van der Waals surface area contributed by atoms with E-state index in [1.165, 1.54) is 11.8 Å². The van der Waals surface area contributed by atoms with Crippen molar-refractivity contribution in [1.29, 1.82) is 0 Å². The molecule has 0 aromatic carbocycles. The molecule has 0 atom stereocenters. The first-order valence-electron chi connectivity index (χ1n) is 4.67. The summed E-state index contributed by atoms with van der Waals surface area (Å²) >= 11 is 13.2. The fourth-order valence-corrected chi connectivity index (χ4v) is 2.39. The van der Waals surface area contributed by atoms with E-state index >= 15 is 0 Å². The van der Waals surface area contributed by atoms with Crippen molar-refractivity contribution >= 4 is 40.8 Å². The van der Waals surface area contributed by atoms with E-state index in [-0.39, 0.29) is 0 Å². The summed E-state index contributed by atoms with van der Waals surface area (Å²) in [7, 11) is 0. The van der Waals surface area contributed by atoms with E-state index in [0.717, 1.165) is 0 Å². The van der Waals surface area contributed by atoms with E-state index in [4.69, 9.17) is 28.9 Å². The van der Waals surface area contributed by atoms with Crippen LogP contribution < -0.4 is 5.73 Å². The van der Waals surface area contributed by atoms with Crippen molar-refractivity contribution in [2.24, 2.45) is 0 Å². The Hall–Kier alpha value is -1.04. The summed E-state index contributed by atoms with van der Waals surface area (Å²) in [4.78, 5) is 12.2. The summed E-state index contributed by atoms with van der Waals surface area (Å²) in [6, 6.07) is 3.36. The van der Waals surface area contributed by atoms with Crippen LogP contribution in [0.1, 0.15) is 5.69 Å². The molecule has 2 heterocycles. The number of anilines is 1. The molecule has 2 aromatic rings. The van der Waals surface area contributed by atoms with Gasteiger partial charge in [-0.2, -0.15) is 0 Å². The Morgan fingerprint density at radius 3 is 2.71 bits per heavy atom. The highest BCUT2D eigenvalue weighted by Gasteiger charge is 2.07. The van der Waals surface area contributed by atoms with Crippen LogP contribution in [0.15, 0.2) is 29.6 Å². The third kappa shape index (κ3) is 3.21. The number of thioether (sulfide) groups is 1. The highest BCUT2D eigenvalue weighted by atomic mass is 35.5. The summed E-state index contributed by atoms with van der Waals surface area (Å²) < 4.78 is 0. The van der Waals surface area contributed by atoms with Gasteiger partial charge in [0.2, 0.25) is 0 Å². The zero-order valence-corrected chi connectivity index (χ0v) is 10.9. The zero-order chi connectivity index (χ0) is 12.3. The van der Waals surface area contributed by atoms with Crippen LogP contribution in [0, 0.1) is 0 Å². The Kier molecular flexibility index (Phi) is 4.04. The van der Waals surface area contributed by atoms with Crippen molar-refractivity contribution in [1.82, 2.24) is 15.0 Å². The SMILES string of the molecule is Nc1nccnc1SCc1nc(Cl)ccc1Cl. The van der Waals surface area contributed by atoms with E-state index < -0.39 is 0 Å². The molecule has 2 aromatic heterocycles. The lowest BCUT2D eigenvalue weighted by Gasteiger charge is -2.04. The van der Waals surface area contributed by atoms with Crippen molar-refractivity contribution < 1.29 is 0 Å². The average molecular weight is 287 g/mol. The zero-order valence-electron chi connectivity index (χ0n) is 8.60. The number of nitrogen functional groups attached to an aromatic ring is 1. The van der Waals surface area contributed by atoms with Gasteiger partial charge in [-0.05, 0) is 12.1 Å². The number of nitrogens with two attached hydrogens (primary N) is 1. The molecule has 0 aliphatic heterocycles. The molecule has 17 heavy (non-hydrogen) atoms. The van der Waals surface area contributed by atoms with Crippen LogP contribution in [-0.4, -0.2) is 15.0 Å². The minimum absolute atomic E-state index is 0.399. The maximum Gasteiger partial charge on any atom is 0.156 e. The Bertz CT molecular complexity index is 535. The van der Waals surface area contributed by atoms with Crippen molar-refractivity contribution in [3.63, 3.8) is 0 Å². The number of pyridine rings is 1. The molecular weight excluding hydrogens is 279 g/mol. The number of rotatable bonds is 3. The maximum absolute atomic E-state index is 6.00. The van der Waals surface area contributed by atoms with Gasteiger partial charge >= 0.3 is 0 Å². The molecular formula is C10H8Cl2N4S. The molecule has 0 aliphatic carbocycles. The topological polar surface area (TPSA) is 64.7 Å². The first-order valence-corrected chi connectivity index (χ1v) is 6.41. The third-order valence-corrected chi connectivity index (χ3v) is 3.48. The molecule has 0 saturated carbocycles. The third-order valence-electron chi connectivity index (χ3n) is 1.92. The smallest absolute Gasteiger partial charge is 0.156 e. The number of hydrogen-bond donors (Lipinski definition) is 1. The van der Waals surface area contributed by atoms with Gasteiger partial charge in [-0.15, -0.1) is 0 Å². The van der Waals surface area contributed by atoms with Crippen molar-refractivity contribution in [3.8, 4) is 0 Å². The van der Waals surface area contributed by atoms with Gasteiger partial charge in [0.1, 0.15) is 10.2 Å². The normalized spacial score (nSPS) is 10.5. The lowest BCUT2D eigenvalue weighted by atomic mass is 10.4. The Labute approximate surface area is 113 Å². The quantitative estimate of drug-likeness (QED) is 0.694. The highest BCUT2D eigenvalue weighted by Crippen LogP contribution is 2.27. The van der Waals surface area contributed by atoms with E-state index in [0.29, 0.717) is 32.5 Å². The Balaban J connectivity index is 2.12. The molecule has 2 rings (SSSR count). The number of aromatic nitrogens is 3. The molecule has 2 N–H and O–H groups in total. The second-order valence-corrected chi connectivity index (χ2v) is 4.86. The first kappa shape index (κ1) is 12.4. The number of hydrogen-bond acceptors (Lipinski definition) is 5. The van der Waals surface area contributed by atoms with Crippen LogP contribution in [0.5, 0.6) is 0 Å². The maximum atomic E-state index is 6.00. The predicted molar refractivity (Wildman–Crippen MR) is 70.3 cm³/mol. The van der Waals surface area contributed by atoms with Crippen LogP contribution in [0.3, 0.4) is 0 Å². The Morgan fingerprint density at radius 1 is 1.18 bits per heavy atom. The van der Waals surface area contributed by atoms with Gasteiger partial charge in [0.25, 0.3) is 0 Å². The van der Waals surface area contributed by atoms with Gasteiger partial charge in [-0.25, -0.2) is 15.0 Å². The van der Waals surface area contributed by atoms with Gasteiger partial charge in [-0.1, -0.05) is 35.0 Å². The van der Waals surface area contributed by atoms with Gasteiger partial charge in [0.15, 0.2) is 5.82 Å². The monoisotopic (exact) mass is 286 g/mol. The lowest BCUT2D eigenvalue weighted by molar-refractivity contribution is 1.06. The summed E-state index contributed by atoms with van der Waals surface area (Å²) in [5.74, 6) is 0.943. The minimum atomic E-state index is 0.399. The summed E-state index contributed by atoms with van der Waals surface area (Å²) in [5.41, 5.74) is 6.38. The molecule has 0 amide bonds. The van der Waals surface area contributed by atoms with Gasteiger partial charge in [-0.3, -0.25) is 0 Å². The molecule has 88 valence electrons. The number of halogens is 2. The molecule has 0 aliphatic rings. The molecule has 0 bridgehead atoms. The molecule has 0 radical (unpaired) electrons. The van der Waals surface area contributed by atoms with Crippen molar-refractivity contribution in [2.45, 2.75) is 10.8 Å². The average Bonchev–Trinajstić information content (AvgIpc) is 2.32. The van der Waals surface area contributed by atoms with E-state index in [9.17, 15) is 0 Å². The van der Waals surface area contributed by atoms with Gasteiger partial charge in [0, 0.05) is 18.1 Å². The van der Waals surface area contributed by atoms with E-state index in [1.54, 1.807) is 24.5 Å². The summed E-state index contributed by atoms with van der Waals surface area (Å²) in [6.07, 6.45) is 3.13. The molecule has 0 saturated heterocycles. The first-order chi connectivity index (χ1) is 8.16. The Morgan fingerprint density at radius 2 is 1.94 bits per heavy atom. The van der Waals surface area contributed by atoms with Crippen molar-refractivity contribution in [2.75, 3.05) is 5.73 Å². The number of nitrogens with zero attached hydrogens (tertiary/aromatic N) is 3. The predicted octanol–water partition coefficient (Wildman–Crippen LogP) is 3.05. The largest absolute Gasteiger partial charge is 0.381 e. The highest BCUT2D eigenvalue weighted by molar-refractivity contribution is 7.98. The van der Waals surface area contributed by atoms with E-state index in [1.807, 2.05) is 0 Å². The van der Waals surface area contributed by atoms with Crippen LogP contribution in [-0.2, 0) is 5.75 Å². The molecule has 0 unspecified atom stereocenters. The summed E-state index contributed by atoms with van der Waals surface area (Å²) in [5, 5.41) is 1.65. The van der Waals surface area contributed by atoms with Gasteiger partial charge < -0.3 is 5.73 Å². The molecule has 7 heteroatoms. The van der Waals surface area contributed by atoms with Gasteiger partial charge in [0.05, 0.1) is 10.7 Å². The van der Waals surface area contributed by atoms with Crippen LogP contribution >= 0.6 is 35.0 Å². The fourth-order valence-electron chi connectivity index (χ4n) is 1.14. The van der Waals surface area contributed by atoms with Crippen molar-refractivity contribution in [3.05, 3.63) is 40.4 Å². The second kappa shape index (κ2) is 5.53. The standard InChI is InChI=1S/C10H8Cl2N4S/c11-6-1-2-8(12)16-7(6)5-17-10-9(13)14-3-4-15-10/h1-4H,5H2,(H2,13,14). The fraction of sp³-hybridized carbons (Fsp3) is 0.100. The van der Waals surface area contributed by atoms with Crippen LogP contribution in [0.2, 0.25) is 10.2 Å². The second-order valence-electron chi connectivity index (χ2n) is 3.10. The molecule has 0 spiro atoms. The van der Waals surface area contributed by atoms with Crippen LogP contribution in [0.4, 0.5) is 5.82 Å². The van der Waals surface area contributed by atoms with Crippen LogP contribution in [0.25, 0.3) is 0 Å². The minimum Gasteiger partial charge on any atom is -0.381 e. The van der Waals surface area contributed by atoms with E-state index in [2.05, 4.69) is 15.0 Å². The lowest BCUT2D eigenvalue weighted by Crippen LogP contribution is -1.96. The summed E-state index contributed by atoms with van der Waals surface area (Å²) in [6.45, 7) is 0.